The minimum atomic E-state index is -1.66. The first-order valence-corrected chi connectivity index (χ1v) is 12.2. The molecular formula is C26H30FN7O4. The van der Waals surface area contributed by atoms with E-state index in [0.717, 1.165) is 12.8 Å². The molecule has 3 aromatic heterocycles. The zero-order chi connectivity index (χ0) is 27.4. The molecule has 12 heteroatoms. The van der Waals surface area contributed by atoms with Gasteiger partial charge in [0, 0.05) is 18.3 Å². The van der Waals surface area contributed by atoms with E-state index in [0.29, 0.717) is 34.6 Å². The molecule has 200 valence electrons. The number of anilines is 1. The van der Waals surface area contributed by atoms with Crippen LogP contribution in [0.3, 0.4) is 0 Å². The van der Waals surface area contributed by atoms with Gasteiger partial charge in [-0.25, -0.2) is 13.7 Å². The number of carbonyl (C=O) groups is 2. The molecule has 0 bridgehead atoms. The van der Waals surface area contributed by atoms with Gasteiger partial charge in [0.25, 0.3) is 5.91 Å². The van der Waals surface area contributed by atoms with Crippen molar-refractivity contribution in [3.05, 3.63) is 47.8 Å². The van der Waals surface area contributed by atoms with Crippen LogP contribution >= 0.6 is 0 Å². The lowest BCUT2D eigenvalue weighted by Gasteiger charge is -2.23. The molecule has 3 atom stereocenters. The second-order valence-corrected chi connectivity index (χ2v) is 9.84. The van der Waals surface area contributed by atoms with Crippen LogP contribution in [-0.4, -0.2) is 69.2 Å². The Hall–Kier alpha value is -4.24. The highest BCUT2D eigenvalue weighted by Gasteiger charge is 2.29. The van der Waals surface area contributed by atoms with Crippen LogP contribution in [0.25, 0.3) is 16.9 Å². The maximum Gasteiger partial charge on any atom is 0.407 e. The van der Waals surface area contributed by atoms with E-state index in [1.54, 1.807) is 16.6 Å². The summed E-state index contributed by atoms with van der Waals surface area (Å²) < 4.78 is 20.6. The number of alkyl carbamates (subject to hydrolysis) is 1. The van der Waals surface area contributed by atoms with Crippen molar-refractivity contribution in [2.45, 2.75) is 57.0 Å². The number of pyridine rings is 1. The van der Waals surface area contributed by atoms with Gasteiger partial charge in [0.15, 0.2) is 0 Å². The van der Waals surface area contributed by atoms with Crippen LogP contribution in [0.4, 0.5) is 14.9 Å². The van der Waals surface area contributed by atoms with Crippen molar-refractivity contribution in [2.24, 2.45) is 0 Å². The topological polar surface area (TPSA) is 154 Å². The van der Waals surface area contributed by atoms with Gasteiger partial charge in [0.05, 0.1) is 59.2 Å². The summed E-state index contributed by atoms with van der Waals surface area (Å²) in [6.45, 7) is 2.30. The number of methoxy groups -OCH3 is 1. The van der Waals surface area contributed by atoms with Gasteiger partial charge in [-0.15, -0.1) is 0 Å². The molecule has 0 aliphatic heterocycles. The van der Waals surface area contributed by atoms with E-state index in [1.165, 1.54) is 33.4 Å². The van der Waals surface area contributed by atoms with Crippen LogP contribution < -0.4 is 16.0 Å². The largest absolute Gasteiger partial charge is 0.453 e. The van der Waals surface area contributed by atoms with E-state index in [9.17, 15) is 19.1 Å². The molecule has 4 rings (SSSR count). The summed E-state index contributed by atoms with van der Waals surface area (Å²) in [4.78, 5) is 29.1. The fourth-order valence-electron chi connectivity index (χ4n) is 4.37. The van der Waals surface area contributed by atoms with Crippen LogP contribution in [0.2, 0.25) is 0 Å². The number of nitriles is 1. The zero-order valence-electron chi connectivity index (χ0n) is 21.4. The summed E-state index contributed by atoms with van der Waals surface area (Å²) in [5.74, 6) is -0.544. The van der Waals surface area contributed by atoms with Gasteiger partial charge < -0.3 is 25.8 Å². The molecule has 0 aromatic carbocycles. The average molecular weight is 524 g/mol. The van der Waals surface area contributed by atoms with Crippen LogP contribution in [-0.2, 0) is 4.74 Å². The maximum atomic E-state index is 14.3. The summed E-state index contributed by atoms with van der Waals surface area (Å²) in [5, 5.41) is 32.1. The van der Waals surface area contributed by atoms with Crippen molar-refractivity contribution in [1.29, 1.82) is 5.26 Å². The molecule has 0 radical (unpaired) electrons. The Morgan fingerprint density at radius 1 is 1.29 bits per heavy atom. The van der Waals surface area contributed by atoms with E-state index in [4.69, 9.17) is 5.26 Å². The van der Waals surface area contributed by atoms with E-state index < -0.39 is 23.8 Å². The first-order chi connectivity index (χ1) is 18.1. The Balaban J connectivity index is 1.62. The number of nitrogens with one attached hydrogen (secondary N) is 3. The lowest BCUT2D eigenvalue weighted by Crippen LogP contribution is -2.42. The van der Waals surface area contributed by atoms with Crippen LogP contribution in [0.1, 0.15) is 49.0 Å². The molecule has 11 nitrogen and oxygen atoms in total. The Morgan fingerprint density at radius 3 is 2.76 bits per heavy atom. The SMILES string of the molecule is COC(=O)N[C@H]1CC[C@H](Nc2cc(-c3ccc4cc(C#N)cnn34)ncc2C(=O)NC[C@@H](F)C(C)(C)O)C1. The molecule has 2 amide bonds. The quantitative estimate of drug-likeness (QED) is 0.352. The molecular weight excluding hydrogens is 493 g/mol. The van der Waals surface area contributed by atoms with Gasteiger partial charge in [-0.1, -0.05) is 0 Å². The second-order valence-electron chi connectivity index (χ2n) is 9.84. The molecule has 0 spiro atoms. The number of nitrogens with zero attached hydrogens (tertiary/aromatic N) is 4. The van der Waals surface area contributed by atoms with Crippen LogP contribution in [0.15, 0.2) is 36.7 Å². The van der Waals surface area contributed by atoms with Gasteiger partial charge in [-0.2, -0.15) is 10.4 Å². The van der Waals surface area contributed by atoms with Crippen molar-refractivity contribution in [3.63, 3.8) is 0 Å². The highest BCUT2D eigenvalue weighted by atomic mass is 19.1. The molecule has 3 aromatic rings. The molecule has 4 N–H and O–H groups in total. The number of carbonyl (C=O) groups excluding carboxylic acids is 2. The monoisotopic (exact) mass is 523 g/mol. The number of rotatable bonds is 8. The van der Waals surface area contributed by atoms with Gasteiger partial charge in [-0.3, -0.25) is 9.78 Å². The van der Waals surface area contributed by atoms with E-state index >= 15 is 0 Å². The summed E-state index contributed by atoms with van der Waals surface area (Å²) in [7, 11) is 1.31. The van der Waals surface area contributed by atoms with Crippen molar-refractivity contribution in [1.82, 2.24) is 25.2 Å². The van der Waals surface area contributed by atoms with Crippen molar-refractivity contribution in [3.8, 4) is 17.5 Å². The van der Waals surface area contributed by atoms with Crippen molar-refractivity contribution in [2.75, 3.05) is 19.0 Å². The smallest absolute Gasteiger partial charge is 0.407 e. The van der Waals surface area contributed by atoms with E-state index in [2.05, 4.69) is 36.8 Å². The molecule has 0 unspecified atom stereocenters. The average Bonchev–Trinajstić information content (AvgIpc) is 3.52. The third-order valence-electron chi connectivity index (χ3n) is 6.55. The molecule has 1 aliphatic carbocycles. The zero-order valence-corrected chi connectivity index (χ0v) is 21.4. The molecule has 1 aliphatic rings. The summed E-state index contributed by atoms with van der Waals surface area (Å²) in [6, 6.07) is 9.00. The molecule has 3 heterocycles. The van der Waals surface area contributed by atoms with Gasteiger partial charge in [0.2, 0.25) is 0 Å². The molecule has 1 fully saturated rings. The number of hydrogen-bond donors (Lipinski definition) is 4. The van der Waals surface area contributed by atoms with Crippen LogP contribution in [0.5, 0.6) is 0 Å². The summed E-state index contributed by atoms with van der Waals surface area (Å²) in [5.41, 5.74) is 1.42. The maximum absolute atomic E-state index is 14.3. The van der Waals surface area contributed by atoms with Crippen molar-refractivity contribution >= 4 is 23.2 Å². The lowest BCUT2D eigenvalue weighted by molar-refractivity contribution is -0.00177. The number of amides is 2. The van der Waals surface area contributed by atoms with Gasteiger partial charge >= 0.3 is 6.09 Å². The third kappa shape index (κ3) is 6.00. The fraction of sp³-hybridized carbons (Fsp3) is 0.423. The first kappa shape index (κ1) is 26.8. The summed E-state index contributed by atoms with van der Waals surface area (Å²) >= 11 is 0. The predicted octanol–water partition coefficient (Wildman–Crippen LogP) is 2.80. The number of aliphatic hydroxyl groups is 1. The van der Waals surface area contributed by atoms with Gasteiger partial charge in [0.1, 0.15) is 12.2 Å². The highest BCUT2D eigenvalue weighted by molar-refractivity contribution is 6.00. The Morgan fingerprint density at radius 2 is 2.05 bits per heavy atom. The molecule has 1 saturated carbocycles. The highest BCUT2D eigenvalue weighted by Crippen LogP contribution is 2.29. The third-order valence-corrected chi connectivity index (χ3v) is 6.55. The standard InChI is InChI=1S/C26H30FN7O4/c1-26(2,37)23(27)14-30-24(35)19-13-29-21(22-7-6-18-8-15(11-28)12-31-34(18)22)10-20(19)32-16-4-5-17(9-16)33-25(36)38-3/h6-8,10,12-13,16-17,23,37H,4-5,9,14H2,1-3H3,(H,29,32)(H,30,35)(H,33,36)/t16-,17-,23+/m0/s1. The molecule has 0 saturated heterocycles. The number of fused-ring (bicyclic) bond motifs is 1. The van der Waals surface area contributed by atoms with Crippen molar-refractivity contribution < 1.29 is 23.8 Å². The van der Waals surface area contributed by atoms with Crippen LogP contribution in [0, 0.1) is 11.3 Å². The van der Waals surface area contributed by atoms with Gasteiger partial charge in [-0.05, 0) is 57.4 Å². The number of halogens is 1. The summed E-state index contributed by atoms with van der Waals surface area (Å²) in [6.07, 6.45) is 2.80. The Bertz CT molecular complexity index is 1380. The number of alkyl halides is 1. The second kappa shape index (κ2) is 11.0. The Labute approximate surface area is 219 Å². The number of hydrogen-bond acceptors (Lipinski definition) is 8. The Kier molecular flexibility index (Phi) is 7.78. The van der Waals surface area contributed by atoms with E-state index in [-0.39, 0.29) is 24.2 Å². The minimum absolute atomic E-state index is 0.0513. The normalized spacial score (nSPS) is 18.0. The fourth-order valence-corrected chi connectivity index (χ4v) is 4.37. The lowest BCUT2D eigenvalue weighted by atomic mass is 10.0. The molecule has 38 heavy (non-hydrogen) atoms. The number of ether oxygens (including phenoxy) is 1. The minimum Gasteiger partial charge on any atom is -0.453 e. The number of aromatic nitrogens is 3. The predicted molar refractivity (Wildman–Crippen MR) is 137 cm³/mol. The van der Waals surface area contributed by atoms with E-state index in [1.807, 2.05) is 12.1 Å². The first-order valence-electron chi connectivity index (χ1n) is 12.2.